The van der Waals surface area contributed by atoms with Gasteiger partial charge in [-0.05, 0) is 58.0 Å². The van der Waals surface area contributed by atoms with Crippen LogP contribution in [0.3, 0.4) is 0 Å². The fourth-order valence-corrected chi connectivity index (χ4v) is 3.99. The van der Waals surface area contributed by atoms with Crippen molar-refractivity contribution in [2.45, 2.75) is 57.4 Å². The summed E-state index contributed by atoms with van der Waals surface area (Å²) >= 11 is 11.9. The van der Waals surface area contributed by atoms with E-state index in [-0.39, 0.29) is 17.2 Å². The molecule has 1 amide bonds. The van der Waals surface area contributed by atoms with Crippen LogP contribution in [0.1, 0.15) is 62.2 Å². The highest BCUT2D eigenvalue weighted by Gasteiger charge is 2.36. The number of benzene rings is 1. The van der Waals surface area contributed by atoms with Crippen molar-refractivity contribution in [1.82, 2.24) is 10.2 Å². The van der Waals surface area contributed by atoms with Crippen molar-refractivity contribution < 1.29 is 9.59 Å². The first-order chi connectivity index (χ1) is 12.3. The molecule has 0 aliphatic heterocycles. The minimum Gasteiger partial charge on any atom is -0.350 e. The number of rotatable bonds is 8. The first kappa shape index (κ1) is 21.2. The van der Waals surface area contributed by atoms with E-state index in [1.807, 2.05) is 0 Å². The van der Waals surface area contributed by atoms with Crippen LogP contribution in [0.5, 0.6) is 0 Å². The second-order valence-electron chi connectivity index (χ2n) is 7.32. The maximum Gasteiger partial charge on any atom is 0.251 e. The maximum atomic E-state index is 12.5. The topological polar surface area (TPSA) is 49.4 Å². The molecule has 1 saturated carbocycles. The van der Waals surface area contributed by atoms with Gasteiger partial charge in [-0.3, -0.25) is 9.69 Å². The highest BCUT2D eigenvalue weighted by molar-refractivity contribution is 6.42. The van der Waals surface area contributed by atoms with E-state index in [1.165, 1.54) is 19.3 Å². The second kappa shape index (κ2) is 9.72. The zero-order valence-corrected chi connectivity index (χ0v) is 17.1. The minimum absolute atomic E-state index is 0.0408. The summed E-state index contributed by atoms with van der Waals surface area (Å²) in [6.45, 7) is 3.10. The van der Waals surface area contributed by atoms with Gasteiger partial charge in [0.2, 0.25) is 0 Å². The molecule has 4 nitrogen and oxygen atoms in total. The predicted molar refractivity (Wildman–Crippen MR) is 107 cm³/mol. The number of halogens is 2. The van der Waals surface area contributed by atoms with Gasteiger partial charge in [-0.25, -0.2) is 0 Å². The van der Waals surface area contributed by atoms with Gasteiger partial charge in [0, 0.05) is 24.1 Å². The first-order valence-electron chi connectivity index (χ1n) is 9.28. The molecule has 0 radical (unpaired) electrons. The van der Waals surface area contributed by atoms with Crippen LogP contribution in [0.2, 0.25) is 10.0 Å². The Labute approximate surface area is 166 Å². The Morgan fingerprint density at radius 3 is 2.46 bits per heavy atom. The van der Waals surface area contributed by atoms with Crippen LogP contribution in [0.15, 0.2) is 18.2 Å². The number of nitrogens with zero attached hydrogens (tertiary/aromatic N) is 1. The van der Waals surface area contributed by atoms with E-state index in [4.69, 9.17) is 23.2 Å². The molecule has 144 valence electrons. The van der Waals surface area contributed by atoms with Gasteiger partial charge in [0.05, 0.1) is 10.0 Å². The van der Waals surface area contributed by atoms with Crippen molar-refractivity contribution in [3.8, 4) is 0 Å². The molecular weight excluding hydrogens is 371 g/mol. The highest BCUT2D eigenvalue weighted by Crippen LogP contribution is 2.33. The molecule has 1 aromatic rings. The minimum atomic E-state index is -0.134. The number of Topliss-reactive ketones (excluding diaryl/α,β-unsaturated/α-hetero) is 1. The third kappa shape index (κ3) is 5.70. The van der Waals surface area contributed by atoms with Crippen LogP contribution in [0.25, 0.3) is 0 Å². The summed E-state index contributed by atoms with van der Waals surface area (Å²) in [6.07, 6.45) is 7.16. The van der Waals surface area contributed by atoms with Crippen molar-refractivity contribution in [3.05, 3.63) is 33.8 Å². The van der Waals surface area contributed by atoms with Crippen LogP contribution in [0, 0.1) is 0 Å². The average Bonchev–Trinajstić information content (AvgIpc) is 2.62. The van der Waals surface area contributed by atoms with Crippen LogP contribution in [-0.4, -0.2) is 42.3 Å². The van der Waals surface area contributed by atoms with Gasteiger partial charge in [-0.1, -0.05) is 42.5 Å². The summed E-state index contributed by atoms with van der Waals surface area (Å²) in [5.41, 5.74) is 0.477. The Kier molecular flexibility index (Phi) is 7.93. The number of hydrogen-bond acceptors (Lipinski definition) is 3. The number of likely N-dealkylation sites (N-methyl/N-ethyl adjacent to an activating group) is 1. The molecule has 0 atom stereocenters. The van der Waals surface area contributed by atoms with Crippen molar-refractivity contribution in [1.29, 1.82) is 0 Å². The van der Waals surface area contributed by atoms with E-state index in [0.29, 0.717) is 28.6 Å². The smallest absolute Gasteiger partial charge is 0.251 e. The molecule has 0 unspecified atom stereocenters. The van der Waals surface area contributed by atoms with Gasteiger partial charge in [0.15, 0.2) is 0 Å². The van der Waals surface area contributed by atoms with Gasteiger partial charge in [0.25, 0.3) is 5.91 Å². The summed E-state index contributed by atoms with van der Waals surface area (Å²) in [5.74, 6) is 0.0923. The van der Waals surface area contributed by atoms with Crippen molar-refractivity contribution >= 4 is 34.9 Å². The average molecular weight is 399 g/mol. The van der Waals surface area contributed by atoms with Crippen molar-refractivity contribution in [2.75, 3.05) is 20.1 Å². The number of hydrogen-bond donors (Lipinski definition) is 1. The Morgan fingerprint density at radius 1 is 1.15 bits per heavy atom. The summed E-state index contributed by atoms with van der Waals surface area (Å²) in [7, 11) is 2.11. The van der Waals surface area contributed by atoms with Crippen LogP contribution in [0.4, 0.5) is 0 Å². The summed E-state index contributed by atoms with van der Waals surface area (Å²) in [6, 6.07) is 4.93. The van der Waals surface area contributed by atoms with Crippen LogP contribution in [-0.2, 0) is 4.79 Å². The number of ketones is 1. The van der Waals surface area contributed by atoms with Gasteiger partial charge in [-0.2, -0.15) is 0 Å². The highest BCUT2D eigenvalue weighted by atomic mass is 35.5. The predicted octanol–water partition coefficient (Wildman–Crippen LogP) is 4.73. The number of carbonyl (C=O) groups is 2. The lowest BCUT2D eigenvalue weighted by atomic mass is 9.80. The third-order valence-electron chi connectivity index (χ3n) is 5.38. The normalized spacial score (nSPS) is 16.5. The molecule has 0 saturated heterocycles. The molecule has 1 aliphatic rings. The van der Waals surface area contributed by atoms with E-state index in [1.54, 1.807) is 25.1 Å². The zero-order valence-electron chi connectivity index (χ0n) is 15.6. The van der Waals surface area contributed by atoms with Crippen molar-refractivity contribution in [3.63, 3.8) is 0 Å². The molecular formula is C20H28Cl2N2O2. The molecule has 6 heteroatoms. The lowest BCUT2D eigenvalue weighted by Gasteiger charge is -2.45. The molecule has 26 heavy (non-hydrogen) atoms. The van der Waals surface area contributed by atoms with E-state index >= 15 is 0 Å². The molecule has 1 N–H and O–H groups in total. The Morgan fingerprint density at radius 2 is 1.85 bits per heavy atom. The van der Waals surface area contributed by atoms with Gasteiger partial charge in [0.1, 0.15) is 5.78 Å². The van der Waals surface area contributed by atoms with Crippen LogP contribution >= 0.6 is 23.2 Å². The monoisotopic (exact) mass is 398 g/mol. The molecule has 0 aromatic heterocycles. The van der Waals surface area contributed by atoms with E-state index in [0.717, 1.165) is 25.8 Å². The Bertz CT molecular complexity index is 643. The van der Waals surface area contributed by atoms with Gasteiger partial charge < -0.3 is 10.1 Å². The molecule has 1 aliphatic carbocycles. The summed E-state index contributed by atoms with van der Waals surface area (Å²) in [4.78, 5) is 26.1. The maximum absolute atomic E-state index is 12.5. The SMILES string of the molecule is CC(=O)CCCN(C)C1(CNC(=O)c2ccc(Cl)c(Cl)c2)CCCCC1. The molecule has 1 fully saturated rings. The Hall–Kier alpha value is -1.10. The molecule has 1 aromatic carbocycles. The molecule has 0 heterocycles. The number of amides is 1. The van der Waals surface area contributed by atoms with Crippen LogP contribution < -0.4 is 5.32 Å². The zero-order chi connectivity index (χ0) is 19.2. The van der Waals surface area contributed by atoms with Crippen molar-refractivity contribution in [2.24, 2.45) is 0 Å². The number of nitrogens with one attached hydrogen (secondary N) is 1. The fourth-order valence-electron chi connectivity index (χ4n) is 3.69. The third-order valence-corrected chi connectivity index (χ3v) is 6.12. The largest absolute Gasteiger partial charge is 0.350 e. The van der Waals surface area contributed by atoms with E-state index in [9.17, 15) is 9.59 Å². The molecule has 0 bridgehead atoms. The second-order valence-corrected chi connectivity index (χ2v) is 8.14. The standard InChI is InChI=1S/C20H28Cl2N2O2/c1-15(25)7-6-12-24(2)20(10-4-3-5-11-20)14-23-19(26)16-8-9-17(21)18(22)13-16/h8-9,13H,3-7,10-12,14H2,1-2H3,(H,23,26). The first-order valence-corrected chi connectivity index (χ1v) is 10.0. The number of carbonyl (C=O) groups excluding carboxylic acids is 2. The summed E-state index contributed by atoms with van der Waals surface area (Å²) < 4.78 is 0. The Balaban J connectivity index is 2.01. The van der Waals surface area contributed by atoms with E-state index in [2.05, 4.69) is 17.3 Å². The lowest BCUT2D eigenvalue weighted by molar-refractivity contribution is -0.117. The van der Waals surface area contributed by atoms with Gasteiger partial charge >= 0.3 is 0 Å². The lowest BCUT2D eigenvalue weighted by Crippen LogP contribution is -2.55. The van der Waals surface area contributed by atoms with Gasteiger partial charge in [-0.15, -0.1) is 0 Å². The van der Waals surface area contributed by atoms with E-state index < -0.39 is 0 Å². The molecule has 0 spiro atoms. The molecule has 2 rings (SSSR count). The summed E-state index contributed by atoms with van der Waals surface area (Å²) in [5, 5.41) is 3.91. The quantitative estimate of drug-likeness (QED) is 0.688. The fraction of sp³-hybridized carbons (Fsp3) is 0.600.